The highest BCUT2D eigenvalue weighted by molar-refractivity contribution is 7.85. The summed E-state index contributed by atoms with van der Waals surface area (Å²) in [6, 6.07) is 75.2. The summed E-state index contributed by atoms with van der Waals surface area (Å²) >= 11 is 0. The molecule has 9 aromatic rings. The van der Waals surface area contributed by atoms with E-state index in [4.69, 9.17) is 0 Å². The van der Waals surface area contributed by atoms with Crippen LogP contribution in [0.2, 0.25) is 0 Å². The zero-order valence-electron chi connectivity index (χ0n) is 32.5. The summed E-state index contributed by atoms with van der Waals surface area (Å²) in [5.41, 5.74) is 20.2. The minimum absolute atomic E-state index is 0.532. The van der Waals surface area contributed by atoms with Gasteiger partial charge in [-0.3, -0.25) is 0 Å². The second-order valence-electron chi connectivity index (χ2n) is 16.7. The first kappa shape index (κ1) is 33.2. The SMILES string of the molecule is Cc1ccc2c(c1)C1(c3ccccc3-c3ccccc31)c1cc(P(=O)(c3ccccc3)c3ccc4c(c3)C3(c5ccccc5-c5ccccc53)c3ccccc3-4)ccc1-2. The molecule has 0 aliphatic heterocycles. The first-order valence-electron chi connectivity index (χ1n) is 20.6. The molecule has 0 saturated carbocycles. The van der Waals surface area contributed by atoms with Crippen molar-refractivity contribution in [1.29, 1.82) is 0 Å². The summed E-state index contributed by atoms with van der Waals surface area (Å²) in [5.74, 6) is 0. The Morgan fingerprint density at radius 1 is 0.288 bits per heavy atom. The van der Waals surface area contributed by atoms with Gasteiger partial charge in [-0.05, 0) is 108 Å². The zero-order chi connectivity index (χ0) is 39.1. The first-order valence-corrected chi connectivity index (χ1v) is 22.3. The van der Waals surface area contributed by atoms with Gasteiger partial charge in [0.1, 0.15) is 0 Å². The van der Waals surface area contributed by atoms with Gasteiger partial charge in [-0.25, -0.2) is 0 Å². The molecule has 59 heavy (non-hydrogen) atoms. The molecule has 0 radical (unpaired) electrons. The Balaban J connectivity index is 1.11. The highest BCUT2D eigenvalue weighted by Crippen LogP contribution is 2.65. The number of benzene rings is 9. The first-order chi connectivity index (χ1) is 29.1. The highest BCUT2D eigenvalue weighted by Gasteiger charge is 2.54. The molecule has 2 heteroatoms. The average Bonchev–Trinajstić information content (AvgIpc) is 3.97. The van der Waals surface area contributed by atoms with Crippen LogP contribution in [-0.4, -0.2) is 0 Å². The van der Waals surface area contributed by atoms with Crippen molar-refractivity contribution in [3.63, 3.8) is 0 Å². The lowest BCUT2D eigenvalue weighted by atomic mass is 9.70. The van der Waals surface area contributed by atoms with Crippen LogP contribution in [0.3, 0.4) is 0 Å². The van der Waals surface area contributed by atoms with Crippen LogP contribution in [0.5, 0.6) is 0 Å². The molecule has 0 saturated heterocycles. The van der Waals surface area contributed by atoms with Gasteiger partial charge in [0.25, 0.3) is 0 Å². The summed E-state index contributed by atoms with van der Waals surface area (Å²) in [7, 11) is -3.49. The van der Waals surface area contributed by atoms with E-state index in [9.17, 15) is 0 Å². The molecular weight excluding hydrogens is 732 g/mol. The third kappa shape index (κ3) is 3.95. The molecule has 0 aromatic heterocycles. The van der Waals surface area contributed by atoms with Crippen molar-refractivity contribution in [2.24, 2.45) is 0 Å². The predicted molar refractivity (Wildman–Crippen MR) is 243 cm³/mol. The summed E-state index contributed by atoms with van der Waals surface area (Å²) < 4.78 is 17.0. The number of hydrogen-bond donors (Lipinski definition) is 0. The molecule has 1 unspecified atom stereocenters. The molecular formula is C57H37OP. The predicted octanol–water partition coefficient (Wildman–Crippen LogP) is 12.3. The van der Waals surface area contributed by atoms with E-state index < -0.39 is 18.0 Å². The topological polar surface area (TPSA) is 17.1 Å². The van der Waals surface area contributed by atoms with E-state index in [1.165, 1.54) is 94.6 Å². The number of fused-ring (bicyclic) bond motifs is 20. The normalized spacial score (nSPS) is 15.7. The van der Waals surface area contributed by atoms with Crippen molar-refractivity contribution in [3.8, 4) is 44.5 Å². The largest absolute Gasteiger partial charge is 0.309 e. The summed E-state index contributed by atoms with van der Waals surface area (Å²) in [6.07, 6.45) is 0. The molecule has 0 heterocycles. The molecule has 0 bridgehead atoms. The van der Waals surface area contributed by atoms with Crippen molar-refractivity contribution in [2.45, 2.75) is 17.8 Å². The maximum atomic E-state index is 17.0. The van der Waals surface area contributed by atoms with E-state index >= 15 is 4.57 Å². The maximum absolute atomic E-state index is 17.0. The van der Waals surface area contributed by atoms with Crippen molar-refractivity contribution in [3.05, 3.63) is 256 Å². The molecule has 9 aromatic carbocycles. The van der Waals surface area contributed by atoms with Crippen LogP contribution < -0.4 is 15.9 Å². The molecule has 0 N–H and O–H groups in total. The van der Waals surface area contributed by atoms with Gasteiger partial charge in [0.2, 0.25) is 0 Å². The molecule has 0 fully saturated rings. The second kappa shape index (κ2) is 11.7. The molecule has 1 nitrogen and oxygen atoms in total. The third-order valence-corrected chi connectivity index (χ3v) is 17.1. The molecule has 276 valence electrons. The average molecular weight is 769 g/mol. The Labute approximate surface area is 344 Å². The Morgan fingerprint density at radius 3 is 1.00 bits per heavy atom. The number of rotatable bonds is 3. The zero-order valence-corrected chi connectivity index (χ0v) is 33.4. The van der Waals surface area contributed by atoms with E-state index in [1.54, 1.807) is 0 Å². The fraction of sp³-hybridized carbons (Fsp3) is 0.0526. The minimum atomic E-state index is -3.49. The standard InChI is InChI=1S/C57H37OP/c1-36-27-30-45-47-32-29-39(35-55(47)57(53(45)33-36)51-25-13-7-19-42(51)43-20-8-14-26-52(43)57)59(58,37-15-3-2-4-16-37)38-28-31-46-44-21-9-12-24-50(44)56(54(46)34-38)48-22-10-5-17-40(48)41-18-6-11-23-49(41)56/h2-35H,1H3. The van der Waals surface area contributed by atoms with Gasteiger partial charge in [0.15, 0.2) is 7.14 Å². The lowest BCUT2D eigenvalue weighted by molar-refractivity contribution is 0.592. The third-order valence-electron chi connectivity index (χ3n) is 14.1. The van der Waals surface area contributed by atoms with E-state index in [1.807, 2.05) is 18.2 Å². The van der Waals surface area contributed by atoms with Crippen LogP contribution in [-0.2, 0) is 15.4 Å². The van der Waals surface area contributed by atoms with Crippen molar-refractivity contribution in [1.82, 2.24) is 0 Å². The van der Waals surface area contributed by atoms with Gasteiger partial charge in [-0.1, -0.05) is 200 Å². The second-order valence-corrected chi connectivity index (χ2v) is 19.4. The summed E-state index contributed by atoms with van der Waals surface area (Å²) in [5, 5.41) is 2.54. The van der Waals surface area contributed by atoms with Crippen LogP contribution in [0.4, 0.5) is 0 Å². The fourth-order valence-electron chi connectivity index (χ4n) is 11.8. The monoisotopic (exact) mass is 768 g/mol. The summed E-state index contributed by atoms with van der Waals surface area (Å²) in [4.78, 5) is 0. The lowest BCUT2D eigenvalue weighted by Crippen LogP contribution is -2.31. The number of hydrogen-bond acceptors (Lipinski definition) is 1. The quantitative estimate of drug-likeness (QED) is 0.164. The van der Waals surface area contributed by atoms with Crippen LogP contribution >= 0.6 is 7.14 Å². The van der Waals surface area contributed by atoms with E-state index in [0.717, 1.165) is 15.9 Å². The van der Waals surface area contributed by atoms with Gasteiger partial charge < -0.3 is 4.57 Å². The molecule has 4 aliphatic rings. The van der Waals surface area contributed by atoms with Crippen LogP contribution in [0, 0.1) is 6.92 Å². The van der Waals surface area contributed by atoms with Crippen molar-refractivity contribution >= 4 is 23.1 Å². The Hall–Kier alpha value is -6.79. The smallest absolute Gasteiger partial charge is 0.171 e. The van der Waals surface area contributed by atoms with E-state index in [2.05, 4.69) is 195 Å². The van der Waals surface area contributed by atoms with E-state index in [0.29, 0.717) is 0 Å². The van der Waals surface area contributed by atoms with Gasteiger partial charge in [0, 0.05) is 15.9 Å². The van der Waals surface area contributed by atoms with Crippen LogP contribution in [0.25, 0.3) is 44.5 Å². The molecule has 13 rings (SSSR count). The fourth-order valence-corrected chi connectivity index (χ4v) is 14.5. The number of aryl methyl sites for hydroxylation is 1. The maximum Gasteiger partial charge on any atom is 0.171 e. The lowest BCUT2D eigenvalue weighted by Gasteiger charge is -2.32. The minimum Gasteiger partial charge on any atom is -0.309 e. The molecule has 1 atom stereocenters. The highest BCUT2D eigenvalue weighted by atomic mass is 31.2. The van der Waals surface area contributed by atoms with Crippen molar-refractivity contribution < 1.29 is 4.57 Å². The van der Waals surface area contributed by atoms with Gasteiger partial charge in [-0.15, -0.1) is 0 Å². The summed E-state index contributed by atoms with van der Waals surface area (Å²) in [6.45, 7) is 2.19. The molecule has 2 spiro atoms. The Kier molecular flexibility index (Phi) is 6.56. The van der Waals surface area contributed by atoms with Gasteiger partial charge >= 0.3 is 0 Å². The van der Waals surface area contributed by atoms with Crippen LogP contribution in [0.1, 0.15) is 50.1 Å². The molecule has 0 amide bonds. The Bertz CT molecular complexity index is 3230. The molecule has 4 aliphatic carbocycles. The van der Waals surface area contributed by atoms with Crippen molar-refractivity contribution in [2.75, 3.05) is 0 Å². The van der Waals surface area contributed by atoms with Gasteiger partial charge in [-0.2, -0.15) is 0 Å². The van der Waals surface area contributed by atoms with E-state index in [-0.39, 0.29) is 0 Å². The van der Waals surface area contributed by atoms with Gasteiger partial charge in [0.05, 0.1) is 10.8 Å². The van der Waals surface area contributed by atoms with Crippen LogP contribution in [0.15, 0.2) is 206 Å². The Morgan fingerprint density at radius 2 is 0.593 bits per heavy atom.